The minimum atomic E-state index is 0.325. The van der Waals surface area contributed by atoms with Gasteiger partial charge in [-0.1, -0.05) is 13.0 Å². The Labute approximate surface area is 115 Å². The van der Waals surface area contributed by atoms with Crippen LogP contribution in [0.4, 0.5) is 0 Å². The highest BCUT2D eigenvalue weighted by Gasteiger charge is 2.26. The van der Waals surface area contributed by atoms with Crippen LogP contribution < -0.4 is 14.8 Å². The first-order valence-corrected chi connectivity index (χ1v) is 6.85. The highest BCUT2D eigenvalue weighted by molar-refractivity contribution is 5.49. The number of methoxy groups -OCH3 is 2. The van der Waals surface area contributed by atoms with Crippen LogP contribution in [-0.4, -0.2) is 20.8 Å². The van der Waals surface area contributed by atoms with E-state index in [-0.39, 0.29) is 0 Å². The molecule has 1 heterocycles. The van der Waals surface area contributed by atoms with Gasteiger partial charge in [-0.05, 0) is 48.6 Å². The van der Waals surface area contributed by atoms with Crippen LogP contribution in [0.1, 0.15) is 30.5 Å². The number of benzene rings is 1. The topological polar surface area (TPSA) is 30.5 Å². The van der Waals surface area contributed by atoms with E-state index in [4.69, 9.17) is 9.47 Å². The summed E-state index contributed by atoms with van der Waals surface area (Å²) in [7, 11) is 3.36. The fourth-order valence-electron chi connectivity index (χ4n) is 2.84. The standard InChI is InChI=1S/C16H23NO2/c1-5-11(6-2)16-13-10-15(19-4)14(18-3)9-12(13)7-8-17-16/h5,9-11,16-17H,1,6-8H2,2-4H3/t11-,16+/m0/s1. The van der Waals surface area contributed by atoms with Gasteiger partial charge in [-0.2, -0.15) is 0 Å². The Morgan fingerprint density at radius 1 is 1.37 bits per heavy atom. The second-order valence-corrected chi connectivity index (χ2v) is 4.90. The largest absolute Gasteiger partial charge is 0.493 e. The van der Waals surface area contributed by atoms with Crippen LogP contribution in [0.15, 0.2) is 24.8 Å². The molecule has 0 aromatic heterocycles. The Kier molecular flexibility index (Phi) is 4.48. The summed E-state index contributed by atoms with van der Waals surface area (Å²) in [6, 6.07) is 4.54. The summed E-state index contributed by atoms with van der Waals surface area (Å²) in [6.45, 7) is 7.16. The maximum absolute atomic E-state index is 5.42. The highest BCUT2D eigenvalue weighted by Crippen LogP contribution is 2.38. The Morgan fingerprint density at radius 2 is 2.05 bits per heavy atom. The third-order valence-corrected chi connectivity index (χ3v) is 3.94. The van der Waals surface area contributed by atoms with E-state index in [1.54, 1.807) is 14.2 Å². The summed E-state index contributed by atoms with van der Waals surface area (Å²) < 4.78 is 10.8. The van der Waals surface area contributed by atoms with Gasteiger partial charge in [0.15, 0.2) is 11.5 Å². The van der Waals surface area contributed by atoms with Gasteiger partial charge in [0.25, 0.3) is 0 Å². The first kappa shape index (κ1) is 13.9. The van der Waals surface area contributed by atoms with Gasteiger partial charge in [-0.25, -0.2) is 0 Å². The van der Waals surface area contributed by atoms with Crippen molar-refractivity contribution in [3.63, 3.8) is 0 Å². The number of nitrogens with one attached hydrogen (secondary N) is 1. The minimum absolute atomic E-state index is 0.325. The Balaban J connectivity index is 2.45. The summed E-state index contributed by atoms with van der Waals surface area (Å²) >= 11 is 0. The van der Waals surface area contributed by atoms with Crippen molar-refractivity contribution in [3.05, 3.63) is 35.9 Å². The van der Waals surface area contributed by atoms with Crippen molar-refractivity contribution < 1.29 is 9.47 Å². The molecule has 0 saturated heterocycles. The quantitative estimate of drug-likeness (QED) is 0.826. The average molecular weight is 261 g/mol. The van der Waals surface area contributed by atoms with Crippen molar-refractivity contribution in [1.29, 1.82) is 0 Å². The minimum Gasteiger partial charge on any atom is -0.493 e. The Morgan fingerprint density at radius 3 is 2.63 bits per heavy atom. The lowest BCUT2D eigenvalue weighted by molar-refractivity contribution is 0.347. The number of ether oxygens (including phenoxy) is 2. The Bertz CT molecular complexity index is 456. The molecule has 0 spiro atoms. The van der Waals surface area contributed by atoms with Gasteiger partial charge >= 0.3 is 0 Å². The molecule has 19 heavy (non-hydrogen) atoms. The predicted octanol–water partition coefficient (Wildman–Crippen LogP) is 3.10. The van der Waals surface area contributed by atoms with Crippen LogP contribution in [0, 0.1) is 5.92 Å². The molecule has 0 amide bonds. The van der Waals surface area contributed by atoms with Crippen LogP contribution >= 0.6 is 0 Å². The zero-order chi connectivity index (χ0) is 13.8. The first-order chi connectivity index (χ1) is 9.24. The van der Waals surface area contributed by atoms with E-state index in [1.807, 2.05) is 6.08 Å². The lowest BCUT2D eigenvalue weighted by Gasteiger charge is -2.32. The molecule has 0 saturated carbocycles. The van der Waals surface area contributed by atoms with Gasteiger partial charge in [-0.3, -0.25) is 0 Å². The van der Waals surface area contributed by atoms with Crippen LogP contribution in [0.3, 0.4) is 0 Å². The lowest BCUT2D eigenvalue weighted by Crippen LogP contribution is -2.34. The normalized spacial score (nSPS) is 19.4. The summed E-state index contributed by atoms with van der Waals surface area (Å²) in [6.07, 6.45) is 4.15. The highest BCUT2D eigenvalue weighted by atomic mass is 16.5. The summed E-state index contributed by atoms with van der Waals surface area (Å²) in [4.78, 5) is 0. The van der Waals surface area contributed by atoms with Gasteiger partial charge in [0.2, 0.25) is 0 Å². The molecule has 3 nitrogen and oxygen atoms in total. The van der Waals surface area contributed by atoms with E-state index < -0.39 is 0 Å². The molecule has 0 aliphatic carbocycles. The van der Waals surface area contributed by atoms with E-state index in [0.717, 1.165) is 30.9 Å². The lowest BCUT2D eigenvalue weighted by atomic mass is 9.84. The SMILES string of the molecule is C=C[C@@H](CC)[C@H]1NCCc2cc(OC)c(OC)cc21. The number of hydrogen-bond donors (Lipinski definition) is 1. The summed E-state index contributed by atoms with van der Waals surface area (Å²) in [5.74, 6) is 2.06. The molecular formula is C16H23NO2. The van der Waals surface area contributed by atoms with E-state index in [0.29, 0.717) is 12.0 Å². The van der Waals surface area contributed by atoms with Crippen molar-refractivity contribution in [2.75, 3.05) is 20.8 Å². The van der Waals surface area contributed by atoms with Crippen molar-refractivity contribution >= 4 is 0 Å². The maximum atomic E-state index is 5.42. The molecular weight excluding hydrogens is 238 g/mol. The zero-order valence-corrected chi connectivity index (χ0v) is 12.0. The summed E-state index contributed by atoms with van der Waals surface area (Å²) in [5, 5.41) is 3.60. The van der Waals surface area contributed by atoms with Crippen LogP contribution in [0.25, 0.3) is 0 Å². The Hall–Kier alpha value is -1.48. The van der Waals surface area contributed by atoms with E-state index >= 15 is 0 Å². The second kappa shape index (κ2) is 6.11. The second-order valence-electron chi connectivity index (χ2n) is 4.90. The molecule has 3 heteroatoms. The van der Waals surface area contributed by atoms with Crippen molar-refractivity contribution in [3.8, 4) is 11.5 Å². The number of fused-ring (bicyclic) bond motifs is 1. The maximum Gasteiger partial charge on any atom is 0.161 e. The molecule has 0 unspecified atom stereocenters. The third kappa shape index (κ3) is 2.61. The fraction of sp³-hybridized carbons (Fsp3) is 0.500. The molecule has 2 rings (SSSR count). The smallest absolute Gasteiger partial charge is 0.161 e. The number of rotatable bonds is 5. The van der Waals surface area contributed by atoms with Gasteiger partial charge in [0.1, 0.15) is 0 Å². The molecule has 1 aromatic carbocycles. The van der Waals surface area contributed by atoms with Gasteiger partial charge in [-0.15, -0.1) is 6.58 Å². The molecule has 1 aliphatic heterocycles. The monoisotopic (exact) mass is 261 g/mol. The van der Waals surface area contributed by atoms with E-state index in [9.17, 15) is 0 Å². The van der Waals surface area contributed by atoms with Crippen molar-refractivity contribution in [2.45, 2.75) is 25.8 Å². The van der Waals surface area contributed by atoms with Gasteiger partial charge < -0.3 is 14.8 Å². The van der Waals surface area contributed by atoms with Gasteiger partial charge in [0, 0.05) is 6.04 Å². The van der Waals surface area contributed by atoms with E-state index in [2.05, 4.69) is 31.0 Å². The molecule has 1 aromatic rings. The van der Waals surface area contributed by atoms with Crippen LogP contribution in [-0.2, 0) is 6.42 Å². The molecule has 0 fully saturated rings. The zero-order valence-electron chi connectivity index (χ0n) is 12.0. The predicted molar refractivity (Wildman–Crippen MR) is 78.0 cm³/mol. The van der Waals surface area contributed by atoms with Crippen molar-refractivity contribution in [2.24, 2.45) is 5.92 Å². The van der Waals surface area contributed by atoms with E-state index in [1.165, 1.54) is 11.1 Å². The molecule has 0 radical (unpaired) electrons. The third-order valence-electron chi connectivity index (χ3n) is 3.94. The number of hydrogen-bond acceptors (Lipinski definition) is 3. The fourth-order valence-corrected chi connectivity index (χ4v) is 2.84. The molecule has 1 N–H and O–H groups in total. The average Bonchev–Trinajstić information content (AvgIpc) is 2.47. The van der Waals surface area contributed by atoms with Gasteiger partial charge in [0.05, 0.1) is 14.2 Å². The molecule has 104 valence electrons. The summed E-state index contributed by atoms with van der Waals surface area (Å²) in [5.41, 5.74) is 2.66. The molecule has 2 atom stereocenters. The van der Waals surface area contributed by atoms with Crippen molar-refractivity contribution in [1.82, 2.24) is 5.32 Å². The molecule has 1 aliphatic rings. The first-order valence-electron chi connectivity index (χ1n) is 6.85. The van der Waals surface area contributed by atoms with Crippen LogP contribution in [0.5, 0.6) is 11.5 Å². The van der Waals surface area contributed by atoms with Crippen LogP contribution in [0.2, 0.25) is 0 Å². The molecule has 0 bridgehead atoms.